The van der Waals surface area contributed by atoms with E-state index < -0.39 is 46.5 Å². The summed E-state index contributed by atoms with van der Waals surface area (Å²) in [6.45, 7) is 5.69. The van der Waals surface area contributed by atoms with Crippen LogP contribution < -0.4 is 0 Å². The fourth-order valence-corrected chi connectivity index (χ4v) is 6.55. The summed E-state index contributed by atoms with van der Waals surface area (Å²) >= 11 is 0. The summed E-state index contributed by atoms with van der Waals surface area (Å²) in [5.74, 6) is -0.941. The molecular formula is C20H26O7. The van der Waals surface area contributed by atoms with Crippen LogP contribution in [-0.4, -0.2) is 68.1 Å². The van der Waals surface area contributed by atoms with E-state index in [2.05, 4.69) is 0 Å². The summed E-state index contributed by atoms with van der Waals surface area (Å²) in [4.78, 5) is 12.1. The smallest absolute Gasteiger partial charge is 0.337 e. The fourth-order valence-electron chi connectivity index (χ4n) is 6.55. The third kappa shape index (κ3) is 1.63. The van der Waals surface area contributed by atoms with E-state index in [-0.39, 0.29) is 30.4 Å². The van der Waals surface area contributed by atoms with Crippen LogP contribution in [0.3, 0.4) is 0 Å². The second kappa shape index (κ2) is 4.83. The topological polar surface area (TPSA) is 116 Å². The van der Waals surface area contributed by atoms with Crippen molar-refractivity contribution in [1.29, 1.82) is 0 Å². The lowest BCUT2D eigenvalue weighted by Crippen LogP contribution is -2.77. The van der Waals surface area contributed by atoms with Crippen molar-refractivity contribution in [3.8, 4) is 0 Å². The monoisotopic (exact) mass is 378 g/mol. The first-order chi connectivity index (χ1) is 12.5. The van der Waals surface area contributed by atoms with Crippen molar-refractivity contribution in [2.24, 2.45) is 17.3 Å². The number of hydrogen-bond donors (Lipinski definition) is 4. The van der Waals surface area contributed by atoms with Gasteiger partial charge in [0.05, 0.1) is 17.8 Å². The van der Waals surface area contributed by atoms with Crippen molar-refractivity contribution in [1.82, 2.24) is 0 Å². The number of carbonyl (C=O) groups excluding carboxylic acids is 1. The standard InChI is InChI=1S/C20H26O7/c1-9(2)18-4-5-19(24)17(3)7-12(21)14-10(8-26-15(14)22)11(17)6-13(27-18)20(19,25)16(18)23/h4-5,9,11-13,16,21,23-25H,6-8H2,1-3H3/t11-,12-,13-,16+,17-,18-,19+,20+/m0/s1. The largest absolute Gasteiger partial charge is 0.458 e. The van der Waals surface area contributed by atoms with Crippen LogP contribution in [0, 0.1) is 17.3 Å². The van der Waals surface area contributed by atoms with Gasteiger partial charge < -0.3 is 29.9 Å². The first-order valence-corrected chi connectivity index (χ1v) is 9.62. The van der Waals surface area contributed by atoms with E-state index in [1.807, 2.05) is 13.8 Å². The molecule has 7 nitrogen and oxygen atoms in total. The number of fused-ring (bicyclic) bond motifs is 4. The molecule has 2 bridgehead atoms. The number of cyclic esters (lactones) is 1. The first-order valence-electron chi connectivity index (χ1n) is 9.62. The van der Waals surface area contributed by atoms with E-state index in [1.54, 1.807) is 19.1 Å². The average molecular weight is 378 g/mol. The molecule has 0 spiro atoms. The van der Waals surface area contributed by atoms with E-state index in [9.17, 15) is 25.2 Å². The van der Waals surface area contributed by atoms with Crippen molar-refractivity contribution >= 4 is 5.97 Å². The van der Waals surface area contributed by atoms with E-state index >= 15 is 0 Å². The van der Waals surface area contributed by atoms with Gasteiger partial charge in [0, 0.05) is 5.41 Å². The average Bonchev–Trinajstić information content (AvgIpc) is 3.05. The lowest BCUT2D eigenvalue weighted by Gasteiger charge is -2.63. The Morgan fingerprint density at radius 1 is 1.22 bits per heavy atom. The molecule has 7 heteroatoms. The van der Waals surface area contributed by atoms with Crippen LogP contribution in [0.4, 0.5) is 0 Å². The van der Waals surface area contributed by atoms with Gasteiger partial charge in [-0.15, -0.1) is 0 Å². The van der Waals surface area contributed by atoms with Gasteiger partial charge in [0.2, 0.25) is 0 Å². The minimum atomic E-state index is -1.89. The van der Waals surface area contributed by atoms with Crippen molar-refractivity contribution in [3.05, 3.63) is 23.3 Å². The molecule has 2 fully saturated rings. The Bertz CT molecular complexity index is 802. The molecule has 1 saturated heterocycles. The Morgan fingerprint density at radius 3 is 2.59 bits per heavy atom. The molecule has 3 aliphatic carbocycles. The predicted octanol–water partition coefficient (Wildman–Crippen LogP) is -0.183. The Morgan fingerprint density at radius 2 is 1.93 bits per heavy atom. The maximum Gasteiger partial charge on any atom is 0.337 e. The van der Waals surface area contributed by atoms with Crippen LogP contribution in [0.25, 0.3) is 0 Å². The molecule has 5 rings (SSSR count). The van der Waals surface area contributed by atoms with Crippen LogP contribution in [0.2, 0.25) is 0 Å². The van der Waals surface area contributed by atoms with Crippen molar-refractivity contribution < 1.29 is 34.7 Å². The molecule has 0 amide bonds. The summed E-state index contributed by atoms with van der Waals surface area (Å²) in [6, 6.07) is 0. The summed E-state index contributed by atoms with van der Waals surface area (Å²) in [6.07, 6.45) is 0.487. The highest BCUT2D eigenvalue weighted by molar-refractivity contribution is 5.93. The minimum absolute atomic E-state index is 0.0777. The maximum absolute atomic E-state index is 12.1. The van der Waals surface area contributed by atoms with Crippen molar-refractivity contribution in [2.45, 2.75) is 68.7 Å². The zero-order chi connectivity index (χ0) is 19.6. The molecule has 148 valence electrons. The van der Waals surface area contributed by atoms with Gasteiger partial charge >= 0.3 is 5.97 Å². The van der Waals surface area contributed by atoms with Gasteiger partial charge in [-0.3, -0.25) is 0 Å². The second-order valence-corrected chi connectivity index (χ2v) is 9.38. The number of esters is 1. The summed E-state index contributed by atoms with van der Waals surface area (Å²) in [7, 11) is 0. The van der Waals surface area contributed by atoms with Crippen LogP contribution >= 0.6 is 0 Å². The van der Waals surface area contributed by atoms with Crippen LogP contribution in [-0.2, 0) is 14.3 Å². The molecule has 27 heavy (non-hydrogen) atoms. The zero-order valence-electron chi connectivity index (χ0n) is 15.7. The van der Waals surface area contributed by atoms with Gasteiger partial charge in [-0.25, -0.2) is 4.79 Å². The molecule has 0 radical (unpaired) electrons. The summed E-state index contributed by atoms with van der Waals surface area (Å²) < 4.78 is 11.4. The molecule has 8 atom stereocenters. The Hall–Kier alpha value is -1.25. The highest BCUT2D eigenvalue weighted by Gasteiger charge is 2.80. The quantitative estimate of drug-likeness (QED) is 0.369. The normalized spacial score (nSPS) is 55.6. The van der Waals surface area contributed by atoms with Crippen molar-refractivity contribution in [3.63, 3.8) is 0 Å². The van der Waals surface area contributed by atoms with Crippen LogP contribution in [0.5, 0.6) is 0 Å². The number of carbonyl (C=O) groups is 1. The van der Waals surface area contributed by atoms with Crippen molar-refractivity contribution in [2.75, 3.05) is 6.61 Å². The maximum atomic E-state index is 12.1. The molecule has 0 aromatic heterocycles. The van der Waals surface area contributed by atoms with E-state index in [0.29, 0.717) is 12.0 Å². The van der Waals surface area contributed by atoms with Gasteiger partial charge in [0.25, 0.3) is 0 Å². The molecule has 1 saturated carbocycles. The Kier molecular flexibility index (Phi) is 3.19. The molecule has 0 unspecified atom stereocenters. The SMILES string of the molecule is CC(C)[C@]12C=C[C@]3(O)[C@@](O)([C@H](C[C@H]4C5=C(C(=O)OC5)[C@@H](O)C[C@@]43C)O1)[C@@H]2O. The summed E-state index contributed by atoms with van der Waals surface area (Å²) in [5.41, 5.74) is -4.81. The summed E-state index contributed by atoms with van der Waals surface area (Å²) in [5, 5.41) is 45.3. The van der Waals surface area contributed by atoms with Gasteiger partial charge in [-0.1, -0.05) is 32.9 Å². The van der Waals surface area contributed by atoms with Crippen LogP contribution in [0.1, 0.15) is 33.6 Å². The van der Waals surface area contributed by atoms with Gasteiger partial charge in [0.1, 0.15) is 23.9 Å². The molecule has 2 heterocycles. The molecule has 0 aromatic rings. The fraction of sp³-hybridized carbons (Fsp3) is 0.750. The third-order valence-electron chi connectivity index (χ3n) is 8.16. The minimum Gasteiger partial charge on any atom is -0.458 e. The predicted molar refractivity (Wildman–Crippen MR) is 92.3 cm³/mol. The molecule has 2 aliphatic heterocycles. The lowest BCUT2D eigenvalue weighted by atomic mass is 9.44. The lowest BCUT2D eigenvalue weighted by molar-refractivity contribution is -0.271. The number of hydrogen-bond acceptors (Lipinski definition) is 7. The second-order valence-electron chi connectivity index (χ2n) is 9.38. The Balaban J connectivity index is 1.73. The molecular weight excluding hydrogens is 352 g/mol. The molecule has 5 aliphatic rings. The van der Waals surface area contributed by atoms with Gasteiger partial charge in [0.15, 0.2) is 5.60 Å². The number of aliphatic hydroxyl groups is 4. The van der Waals surface area contributed by atoms with Gasteiger partial charge in [-0.2, -0.15) is 0 Å². The number of aliphatic hydroxyl groups excluding tert-OH is 2. The van der Waals surface area contributed by atoms with E-state index in [0.717, 1.165) is 0 Å². The van der Waals surface area contributed by atoms with Crippen LogP contribution in [0.15, 0.2) is 23.3 Å². The third-order valence-corrected chi connectivity index (χ3v) is 8.16. The highest BCUT2D eigenvalue weighted by atomic mass is 16.6. The van der Waals surface area contributed by atoms with Gasteiger partial charge in [-0.05, 0) is 30.3 Å². The zero-order valence-corrected chi connectivity index (χ0v) is 15.7. The Labute approximate surface area is 157 Å². The number of ether oxygens (including phenoxy) is 2. The molecule has 4 N–H and O–H groups in total. The molecule has 0 aromatic carbocycles. The van der Waals surface area contributed by atoms with E-state index in [4.69, 9.17) is 9.47 Å². The highest BCUT2D eigenvalue weighted by Crippen LogP contribution is 2.67. The first kappa shape index (κ1) is 17.8. The van der Waals surface area contributed by atoms with E-state index in [1.165, 1.54) is 0 Å². The number of rotatable bonds is 1.